The fourth-order valence-electron chi connectivity index (χ4n) is 4.99. The zero-order valence-corrected chi connectivity index (χ0v) is 20.8. The van der Waals surface area contributed by atoms with Gasteiger partial charge in [-0.2, -0.15) is 0 Å². The Balaban J connectivity index is 1.50. The van der Waals surface area contributed by atoms with E-state index < -0.39 is 0 Å². The standard InChI is InChI=1S/C30H33N3O/c1-20-10-11-21(2)27(16-20)32-19-23(17-28(32)34)29-31-25-8-6-7-9-26(25)33(29)18-22-12-14-24(15-13-22)30(3,4)5/h6-16,23H,17-19H2,1-5H3. The Morgan fingerprint density at radius 1 is 0.971 bits per heavy atom. The lowest BCUT2D eigenvalue weighted by atomic mass is 9.87. The molecule has 0 radical (unpaired) electrons. The largest absolute Gasteiger partial charge is 0.323 e. The maximum Gasteiger partial charge on any atom is 0.227 e. The van der Waals surface area contributed by atoms with Gasteiger partial charge in [0.1, 0.15) is 5.82 Å². The third kappa shape index (κ3) is 4.13. The van der Waals surface area contributed by atoms with Gasteiger partial charge in [0.05, 0.1) is 11.0 Å². The third-order valence-corrected chi connectivity index (χ3v) is 6.99. The highest BCUT2D eigenvalue weighted by Gasteiger charge is 2.35. The number of fused-ring (bicyclic) bond motifs is 1. The lowest BCUT2D eigenvalue weighted by Crippen LogP contribution is -2.25. The van der Waals surface area contributed by atoms with Gasteiger partial charge >= 0.3 is 0 Å². The summed E-state index contributed by atoms with van der Waals surface area (Å²) < 4.78 is 2.31. The van der Waals surface area contributed by atoms with Gasteiger partial charge < -0.3 is 9.47 Å². The molecule has 1 amide bonds. The number of hydrogen-bond donors (Lipinski definition) is 0. The molecule has 0 aliphatic carbocycles. The Morgan fingerprint density at radius 2 is 1.71 bits per heavy atom. The molecule has 4 aromatic rings. The number of hydrogen-bond acceptors (Lipinski definition) is 2. The van der Waals surface area contributed by atoms with Gasteiger partial charge in [0, 0.05) is 31.1 Å². The molecule has 2 heterocycles. The van der Waals surface area contributed by atoms with E-state index >= 15 is 0 Å². The predicted octanol–water partition coefficient (Wildman–Crippen LogP) is 6.52. The molecule has 5 rings (SSSR count). The van der Waals surface area contributed by atoms with Gasteiger partial charge in [-0.3, -0.25) is 4.79 Å². The molecule has 174 valence electrons. The molecule has 1 aliphatic heterocycles. The first kappa shape index (κ1) is 22.4. The number of nitrogens with zero attached hydrogens (tertiary/aromatic N) is 3. The molecule has 0 saturated carbocycles. The van der Waals surface area contributed by atoms with E-state index in [1.807, 2.05) is 11.0 Å². The molecule has 1 atom stereocenters. The van der Waals surface area contributed by atoms with Crippen LogP contribution >= 0.6 is 0 Å². The summed E-state index contributed by atoms with van der Waals surface area (Å²) in [6.07, 6.45) is 0.486. The van der Waals surface area contributed by atoms with Gasteiger partial charge in [0.15, 0.2) is 0 Å². The minimum absolute atomic E-state index is 0.0636. The number of carbonyl (C=O) groups is 1. The lowest BCUT2D eigenvalue weighted by molar-refractivity contribution is -0.117. The number of para-hydroxylation sites is 2. The number of benzene rings is 3. The van der Waals surface area contributed by atoms with E-state index in [4.69, 9.17) is 4.98 Å². The maximum absolute atomic E-state index is 13.1. The van der Waals surface area contributed by atoms with E-state index in [0.717, 1.165) is 34.7 Å². The van der Waals surface area contributed by atoms with E-state index in [0.29, 0.717) is 13.0 Å². The highest BCUT2D eigenvalue weighted by Crippen LogP contribution is 2.35. The van der Waals surface area contributed by atoms with Crippen molar-refractivity contribution < 1.29 is 4.79 Å². The number of aromatic nitrogens is 2. The maximum atomic E-state index is 13.1. The van der Waals surface area contributed by atoms with Crippen LogP contribution in [0.3, 0.4) is 0 Å². The average Bonchev–Trinajstić information content (AvgIpc) is 3.36. The molecule has 34 heavy (non-hydrogen) atoms. The van der Waals surface area contributed by atoms with Crippen LogP contribution in [0.15, 0.2) is 66.7 Å². The number of carbonyl (C=O) groups excluding carboxylic acids is 1. The van der Waals surface area contributed by atoms with Gasteiger partial charge in [0.2, 0.25) is 5.91 Å². The van der Waals surface area contributed by atoms with Crippen molar-refractivity contribution in [1.29, 1.82) is 0 Å². The molecule has 0 bridgehead atoms. The molecule has 1 aliphatic rings. The number of imidazole rings is 1. The first-order chi connectivity index (χ1) is 16.2. The second kappa shape index (κ2) is 8.43. The van der Waals surface area contributed by atoms with Crippen LogP contribution in [0.4, 0.5) is 5.69 Å². The number of amides is 1. The van der Waals surface area contributed by atoms with Crippen LogP contribution in [-0.2, 0) is 16.8 Å². The molecule has 1 fully saturated rings. The average molecular weight is 452 g/mol. The predicted molar refractivity (Wildman–Crippen MR) is 140 cm³/mol. The minimum atomic E-state index is 0.0636. The van der Waals surface area contributed by atoms with E-state index in [2.05, 4.69) is 99.8 Å². The van der Waals surface area contributed by atoms with Crippen molar-refractivity contribution in [1.82, 2.24) is 9.55 Å². The molecule has 0 spiro atoms. The molecule has 1 aromatic heterocycles. The Hall–Kier alpha value is -3.40. The summed E-state index contributed by atoms with van der Waals surface area (Å²) in [5, 5.41) is 0. The first-order valence-electron chi connectivity index (χ1n) is 12.1. The van der Waals surface area contributed by atoms with Crippen molar-refractivity contribution in [2.45, 2.75) is 58.9 Å². The van der Waals surface area contributed by atoms with Crippen LogP contribution in [0.25, 0.3) is 11.0 Å². The van der Waals surface area contributed by atoms with Crippen LogP contribution in [0.2, 0.25) is 0 Å². The first-order valence-corrected chi connectivity index (χ1v) is 12.1. The topological polar surface area (TPSA) is 38.1 Å². The summed E-state index contributed by atoms with van der Waals surface area (Å²) in [5.41, 5.74) is 8.14. The van der Waals surface area contributed by atoms with E-state index in [-0.39, 0.29) is 17.2 Å². The molecular weight excluding hydrogens is 418 g/mol. The van der Waals surface area contributed by atoms with Crippen molar-refractivity contribution in [2.24, 2.45) is 0 Å². The van der Waals surface area contributed by atoms with Gasteiger partial charge in [0.25, 0.3) is 0 Å². The highest BCUT2D eigenvalue weighted by atomic mass is 16.2. The van der Waals surface area contributed by atoms with Crippen molar-refractivity contribution >= 4 is 22.6 Å². The number of anilines is 1. The van der Waals surface area contributed by atoms with E-state index in [1.54, 1.807) is 0 Å². The summed E-state index contributed by atoms with van der Waals surface area (Å²) in [6, 6.07) is 23.5. The van der Waals surface area contributed by atoms with Crippen molar-refractivity contribution in [3.05, 3.63) is 94.8 Å². The Bertz CT molecular complexity index is 1360. The van der Waals surface area contributed by atoms with Crippen molar-refractivity contribution in [2.75, 3.05) is 11.4 Å². The van der Waals surface area contributed by atoms with Crippen LogP contribution in [0.1, 0.15) is 61.2 Å². The normalized spacial score (nSPS) is 16.6. The van der Waals surface area contributed by atoms with E-state index in [9.17, 15) is 4.79 Å². The molecule has 1 saturated heterocycles. The van der Waals surface area contributed by atoms with E-state index in [1.165, 1.54) is 16.7 Å². The van der Waals surface area contributed by atoms with Crippen molar-refractivity contribution in [3.8, 4) is 0 Å². The second-order valence-corrected chi connectivity index (χ2v) is 10.7. The number of rotatable bonds is 4. The van der Waals surface area contributed by atoms with Gasteiger partial charge in [-0.1, -0.05) is 69.3 Å². The molecule has 4 heteroatoms. The fourth-order valence-corrected chi connectivity index (χ4v) is 4.99. The molecular formula is C30H33N3O. The van der Waals surface area contributed by atoms with Crippen LogP contribution in [0, 0.1) is 13.8 Å². The third-order valence-electron chi connectivity index (χ3n) is 6.99. The Morgan fingerprint density at radius 3 is 2.44 bits per heavy atom. The Labute approximate surface area is 202 Å². The fraction of sp³-hybridized carbons (Fsp3) is 0.333. The van der Waals surface area contributed by atoms with Gasteiger partial charge in [-0.05, 0) is 59.7 Å². The molecule has 0 N–H and O–H groups in total. The zero-order valence-electron chi connectivity index (χ0n) is 20.8. The summed E-state index contributed by atoms with van der Waals surface area (Å²) in [4.78, 5) is 20.1. The highest BCUT2D eigenvalue weighted by molar-refractivity contribution is 5.97. The second-order valence-electron chi connectivity index (χ2n) is 10.7. The molecule has 1 unspecified atom stereocenters. The lowest BCUT2D eigenvalue weighted by Gasteiger charge is -2.21. The number of aryl methyl sites for hydroxylation is 2. The Kier molecular flexibility index (Phi) is 5.55. The minimum Gasteiger partial charge on any atom is -0.323 e. The van der Waals surface area contributed by atoms with Crippen molar-refractivity contribution in [3.63, 3.8) is 0 Å². The van der Waals surface area contributed by atoms with Gasteiger partial charge in [-0.25, -0.2) is 4.98 Å². The summed E-state index contributed by atoms with van der Waals surface area (Å²) in [5.74, 6) is 1.24. The van der Waals surface area contributed by atoms with Crippen LogP contribution < -0.4 is 4.90 Å². The SMILES string of the molecule is Cc1ccc(C)c(N2CC(c3nc4ccccc4n3Cc3ccc(C(C)(C)C)cc3)CC2=O)c1. The quantitative estimate of drug-likeness (QED) is 0.354. The summed E-state index contributed by atoms with van der Waals surface area (Å²) >= 11 is 0. The monoisotopic (exact) mass is 451 g/mol. The molecule has 4 nitrogen and oxygen atoms in total. The van der Waals surface area contributed by atoms with Gasteiger partial charge in [-0.15, -0.1) is 0 Å². The van der Waals surface area contributed by atoms with Crippen LogP contribution in [0.5, 0.6) is 0 Å². The zero-order chi connectivity index (χ0) is 24.0. The molecule has 3 aromatic carbocycles. The van der Waals surface area contributed by atoms with Crippen LogP contribution in [-0.4, -0.2) is 22.0 Å². The summed E-state index contributed by atoms with van der Waals surface area (Å²) in [7, 11) is 0. The summed E-state index contributed by atoms with van der Waals surface area (Å²) in [6.45, 7) is 12.3. The smallest absolute Gasteiger partial charge is 0.227 e.